The molecule has 1 aliphatic heterocycles. The summed E-state index contributed by atoms with van der Waals surface area (Å²) in [5.74, 6) is 1.66. The first-order valence-electron chi connectivity index (χ1n) is 5.48. The lowest BCUT2D eigenvalue weighted by Gasteiger charge is -2.18. The van der Waals surface area contributed by atoms with Crippen LogP contribution in [0.2, 0.25) is 0 Å². The Kier molecular flexibility index (Phi) is 3.16. The molecule has 0 saturated carbocycles. The second-order valence-electron chi connectivity index (χ2n) is 3.75. The number of aryl methyl sites for hydroxylation is 1. The van der Waals surface area contributed by atoms with Crippen LogP contribution in [0.4, 0.5) is 0 Å². The molecular formula is C11H17N3O. The van der Waals surface area contributed by atoms with Crippen LogP contribution >= 0.6 is 0 Å². The van der Waals surface area contributed by atoms with E-state index in [2.05, 4.69) is 22.2 Å². The maximum atomic E-state index is 5.31. The fraction of sp³-hybridized carbons (Fsp3) is 0.636. The van der Waals surface area contributed by atoms with Crippen molar-refractivity contribution in [2.45, 2.75) is 32.7 Å². The average molecular weight is 207 g/mol. The van der Waals surface area contributed by atoms with Gasteiger partial charge in [-0.3, -0.25) is 0 Å². The third-order valence-electron chi connectivity index (χ3n) is 2.61. The van der Waals surface area contributed by atoms with E-state index in [1.807, 2.05) is 0 Å². The van der Waals surface area contributed by atoms with Crippen LogP contribution in [0.1, 0.15) is 30.4 Å². The van der Waals surface area contributed by atoms with Crippen LogP contribution in [-0.2, 0) is 19.4 Å². The lowest BCUT2D eigenvalue weighted by molar-refractivity contribution is 0.382. The van der Waals surface area contributed by atoms with Crippen molar-refractivity contribution in [3.8, 4) is 5.88 Å². The molecule has 4 heteroatoms. The summed E-state index contributed by atoms with van der Waals surface area (Å²) in [5.41, 5.74) is 2.28. The van der Waals surface area contributed by atoms with E-state index < -0.39 is 0 Å². The van der Waals surface area contributed by atoms with Crippen LogP contribution < -0.4 is 10.1 Å². The molecule has 0 aromatic carbocycles. The first-order chi connectivity index (χ1) is 7.35. The van der Waals surface area contributed by atoms with E-state index in [1.54, 1.807) is 7.11 Å². The van der Waals surface area contributed by atoms with Crippen molar-refractivity contribution in [2.75, 3.05) is 13.7 Å². The Hall–Kier alpha value is -1.16. The van der Waals surface area contributed by atoms with Crippen LogP contribution in [0.3, 0.4) is 0 Å². The van der Waals surface area contributed by atoms with Gasteiger partial charge in [-0.25, -0.2) is 4.98 Å². The highest BCUT2D eigenvalue weighted by Gasteiger charge is 2.17. The second kappa shape index (κ2) is 4.57. The second-order valence-corrected chi connectivity index (χ2v) is 3.75. The van der Waals surface area contributed by atoms with Gasteiger partial charge in [0, 0.05) is 31.5 Å². The number of methoxy groups -OCH3 is 1. The molecule has 1 aromatic rings. The molecular weight excluding hydrogens is 190 g/mol. The Morgan fingerprint density at radius 3 is 3.00 bits per heavy atom. The van der Waals surface area contributed by atoms with Crippen LogP contribution in [0, 0.1) is 0 Å². The van der Waals surface area contributed by atoms with Gasteiger partial charge >= 0.3 is 0 Å². The lowest BCUT2D eigenvalue weighted by Crippen LogP contribution is -2.26. The molecule has 1 aromatic heterocycles. The van der Waals surface area contributed by atoms with Gasteiger partial charge in [0.1, 0.15) is 5.82 Å². The summed E-state index contributed by atoms with van der Waals surface area (Å²) in [5, 5.41) is 3.31. The summed E-state index contributed by atoms with van der Waals surface area (Å²) in [6, 6.07) is 0. The first-order valence-corrected chi connectivity index (χ1v) is 5.48. The summed E-state index contributed by atoms with van der Waals surface area (Å²) in [4.78, 5) is 9.00. The predicted octanol–water partition coefficient (Wildman–Crippen LogP) is 1.08. The first kappa shape index (κ1) is 10.4. The highest BCUT2D eigenvalue weighted by atomic mass is 16.5. The van der Waals surface area contributed by atoms with Gasteiger partial charge in [0.25, 0.3) is 0 Å². The molecule has 1 N–H and O–H groups in total. The SMILES string of the molecule is CCCc1nc2c(c(OC)n1)CNCC2. The molecule has 0 atom stereocenters. The highest BCUT2D eigenvalue weighted by Crippen LogP contribution is 2.21. The molecule has 15 heavy (non-hydrogen) atoms. The number of ether oxygens (including phenoxy) is 1. The van der Waals surface area contributed by atoms with Crippen molar-refractivity contribution in [3.63, 3.8) is 0 Å². The zero-order valence-corrected chi connectivity index (χ0v) is 9.34. The highest BCUT2D eigenvalue weighted by molar-refractivity contribution is 5.32. The Labute approximate surface area is 90.1 Å². The fourth-order valence-corrected chi connectivity index (χ4v) is 1.87. The molecule has 1 aliphatic rings. The van der Waals surface area contributed by atoms with Gasteiger partial charge in [-0.2, -0.15) is 4.98 Å². The van der Waals surface area contributed by atoms with Crippen molar-refractivity contribution in [2.24, 2.45) is 0 Å². The number of hydrogen-bond donors (Lipinski definition) is 1. The molecule has 82 valence electrons. The van der Waals surface area contributed by atoms with E-state index in [9.17, 15) is 0 Å². The zero-order chi connectivity index (χ0) is 10.7. The summed E-state index contributed by atoms with van der Waals surface area (Å²) in [7, 11) is 1.67. The molecule has 0 radical (unpaired) electrons. The molecule has 0 saturated heterocycles. The van der Waals surface area contributed by atoms with Crippen molar-refractivity contribution in [1.29, 1.82) is 0 Å². The minimum absolute atomic E-state index is 0.746. The fourth-order valence-electron chi connectivity index (χ4n) is 1.87. The third kappa shape index (κ3) is 2.09. The Bertz CT molecular complexity index is 335. The van der Waals surface area contributed by atoms with Crippen LogP contribution in [0.5, 0.6) is 5.88 Å². The number of hydrogen-bond acceptors (Lipinski definition) is 4. The summed E-state index contributed by atoms with van der Waals surface area (Å²) in [6.07, 6.45) is 2.97. The number of nitrogens with zero attached hydrogens (tertiary/aromatic N) is 2. The van der Waals surface area contributed by atoms with Gasteiger partial charge in [-0.15, -0.1) is 0 Å². The summed E-state index contributed by atoms with van der Waals surface area (Å²) >= 11 is 0. The number of aromatic nitrogens is 2. The van der Waals surface area contributed by atoms with E-state index in [1.165, 1.54) is 0 Å². The van der Waals surface area contributed by atoms with E-state index in [0.717, 1.165) is 55.3 Å². The van der Waals surface area contributed by atoms with Gasteiger partial charge in [0.15, 0.2) is 0 Å². The van der Waals surface area contributed by atoms with Crippen molar-refractivity contribution in [1.82, 2.24) is 15.3 Å². The lowest BCUT2D eigenvalue weighted by atomic mass is 10.1. The van der Waals surface area contributed by atoms with E-state index in [0.29, 0.717) is 0 Å². The minimum Gasteiger partial charge on any atom is -0.481 e. The molecule has 0 amide bonds. The van der Waals surface area contributed by atoms with Gasteiger partial charge in [0.2, 0.25) is 5.88 Å². The minimum atomic E-state index is 0.746. The van der Waals surface area contributed by atoms with Crippen LogP contribution in [0.25, 0.3) is 0 Å². The predicted molar refractivity (Wildman–Crippen MR) is 58.0 cm³/mol. The molecule has 2 heterocycles. The smallest absolute Gasteiger partial charge is 0.221 e. The van der Waals surface area contributed by atoms with Crippen molar-refractivity contribution < 1.29 is 4.74 Å². The Morgan fingerprint density at radius 1 is 1.40 bits per heavy atom. The van der Waals surface area contributed by atoms with E-state index >= 15 is 0 Å². The van der Waals surface area contributed by atoms with Gasteiger partial charge in [-0.1, -0.05) is 6.92 Å². The summed E-state index contributed by atoms with van der Waals surface area (Å²) < 4.78 is 5.31. The largest absolute Gasteiger partial charge is 0.481 e. The number of nitrogens with one attached hydrogen (secondary N) is 1. The quantitative estimate of drug-likeness (QED) is 0.805. The molecule has 0 aliphatic carbocycles. The standard InChI is InChI=1S/C11H17N3O/c1-3-4-10-13-9-5-6-12-7-8(9)11(14-10)15-2/h12H,3-7H2,1-2H3. The van der Waals surface area contributed by atoms with Gasteiger partial charge in [0.05, 0.1) is 12.8 Å². The molecule has 0 spiro atoms. The maximum Gasteiger partial charge on any atom is 0.221 e. The van der Waals surface area contributed by atoms with Crippen LogP contribution in [-0.4, -0.2) is 23.6 Å². The Balaban J connectivity index is 2.38. The molecule has 0 unspecified atom stereocenters. The van der Waals surface area contributed by atoms with Crippen molar-refractivity contribution >= 4 is 0 Å². The van der Waals surface area contributed by atoms with Gasteiger partial charge < -0.3 is 10.1 Å². The number of fused-ring (bicyclic) bond motifs is 1. The normalized spacial score (nSPS) is 14.8. The molecule has 0 fully saturated rings. The molecule has 2 rings (SSSR count). The van der Waals surface area contributed by atoms with Crippen LogP contribution in [0.15, 0.2) is 0 Å². The number of rotatable bonds is 3. The topological polar surface area (TPSA) is 47.0 Å². The third-order valence-corrected chi connectivity index (χ3v) is 2.61. The monoisotopic (exact) mass is 207 g/mol. The maximum absolute atomic E-state index is 5.31. The van der Waals surface area contributed by atoms with E-state index in [4.69, 9.17) is 4.74 Å². The van der Waals surface area contributed by atoms with Crippen molar-refractivity contribution in [3.05, 3.63) is 17.1 Å². The van der Waals surface area contributed by atoms with Gasteiger partial charge in [-0.05, 0) is 6.42 Å². The van der Waals surface area contributed by atoms with E-state index in [-0.39, 0.29) is 0 Å². The molecule has 4 nitrogen and oxygen atoms in total. The Morgan fingerprint density at radius 2 is 2.27 bits per heavy atom. The summed E-state index contributed by atoms with van der Waals surface area (Å²) in [6.45, 7) is 3.96. The zero-order valence-electron chi connectivity index (χ0n) is 9.34. The average Bonchev–Trinajstić information content (AvgIpc) is 2.28. The molecule has 0 bridgehead atoms.